The fraction of sp³-hybridized carbons (Fsp3) is 0.0541. The number of nitrogens with zero attached hydrogens (tertiary/aromatic N) is 1. The number of hydrogen-bond donors (Lipinski definition) is 0. The molecule has 0 spiro atoms. The Labute approximate surface area is 246 Å². The molecule has 1 aromatic heterocycles. The lowest BCUT2D eigenvalue weighted by Crippen LogP contribution is -2.06. The Kier molecular flexibility index (Phi) is 7.36. The molecule has 0 N–H and O–H groups in total. The van der Waals surface area contributed by atoms with Crippen molar-refractivity contribution in [3.8, 4) is 33.4 Å². The van der Waals surface area contributed by atoms with Crippen LogP contribution in [0.4, 0.5) is 13.2 Å². The van der Waals surface area contributed by atoms with Crippen molar-refractivity contribution in [1.29, 1.82) is 0 Å². The Morgan fingerprint density at radius 3 is 1.69 bits per heavy atom. The highest BCUT2D eigenvalue weighted by Crippen LogP contribution is 2.44. The van der Waals surface area contributed by atoms with Crippen LogP contribution in [0.3, 0.4) is 0 Å². The maximum absolute atomic E-state index is 13.6. The molecule has 0 unspecified atom stereocenters. The van der Waals surface area contributed by atoms with Crippen molar-refractivity contribution in [2.45, 2.75) is 13.1 Å². The second-order valence-electron chi connectivity index (χ2n) is 9.93. The molecule has 0 aliphatic heterocycles. The zero-order chi connectivity index (χ0) is 29.3. The normalized spacial score (nSPS) is 12.4. The first kappa shape index (κ1) is 27.4. The molecule has 5 heteroatoms. The summed E-state index contributed by atoms with van der Waals surface area (Å²) in [5.74, 6) is 0. The van der Waals surface area contributed by atoms with Gasteiger partial charge in [-0.05, 0) is 64.2 Å². The Balaban J connectivity index is 1.42. The maximum Gasteiger partial charge on any atom is 0.417 e. The van der Waals surface area contributed by atoms with Crippen LogP contribution in [0.15, 0.2) is 133 Å². The summed E-state index contributed by atoms with van der Waals surface area (Å²) in [5, 5.41) is 2.34. The summed E-state index contributed by atoms with van der Waals surface area (Å²) >= 11 is 1.74. The number of aliphatic imine (C=N–C) groups is 1. The van der Waals surface area contributed by atoms with Gasteiger partial charge in [-0.15, -0.1) is 11.3 Å². The van der Waals surface area contributed by atoms with Crippen LogP contribution in [0.5, 0.6) is 0 Å². The predicted octanol–water partition coefficient (Wildman–Crippen LogP) is 11.7. The molecular formula is C37H26F3NS. The van der Waals surface area contributed by atoms with Crippen LogP contribution in [0.2, 0.25) is 0 Å². The van der Waals surface area contributed by atoms with Crippen molar-refractivity contribution < 1.29 is 13.2 Å². The molecular weight excluding hydrogens is 547 g/mol. The third-order valence-electron chi connectivity index (χ3n) is 7.37. The van der Waals surface area contributed by atoms with Gasteiger partial charge in [0.15, 0.2) is 0 Å². The minimum atomic E-state index is -4.41. The van der Waals surface area contributed by atoms with E-state index in [9.17, 15) is 13.2 Å². The number of rotatable bonds is 6. The van der Waals surface area contributed by atoms with Gasteiger partial charge in [-0.2, -0.15) is 13.2 Å². The lowest BCUT2D eigenvalue weighted by molar-refractivity contribution is -0.137. The molecule has 206 valence electrons. The molecule has 1 nitrogen and oxygen atoms in total. The first-order chi connectivity index (χ1) is 20.4. The van der Waals surface area contributed by atoms with Crippen LogP contribution in [0, 0.1) is 0 Å². The molecule has 1 heterocycles. The number of allylic oxidation sites excluding steroid dienone is 3. The second-order valence-corrected chi connectivity index (χ2v) is 11.0. The van der Waals surface area contributed by atoms with Gasteiger partial charge in [0.25, 0.3) is 0 Å². The van der Waals surface area contributed by atoms with Gasteiger partial charge < -0.3 is 0 Å². The number of alkyl halides is 3. The Morgan fingerprint density at radius 2 is 1.17 bits per heavy atom. The van der Waals surface area contributed by atoms with E-state index in [2.05, 4.69) is 66.3 Å². The molecule has 0 radical (unpaired) electrons. The monoisotopic (exact) mass is 573 g/mol. The lowest BCUT2D eigenvalue weighted by Gasteiger charge is -2.13. The molecule has 0 aliphatic carbocycles. The molecule has 0 atom stereocenters. The first-order valence-electron chi connectivity index (χ1n) is 13.5. The van der Waals surface area contributed by atoms with Gasteiger partial charge in [-0.25, -0.2) is 0 Å². The summed E-state index contributed by atoms with van der Waals surface area (Å²) in [6.45, 7) is 5.56. The Hall–Kier alpha value is -4.74. The largest absolute Gasteiger partial charge is 0.417 e. The summed E-state index contributed by atoms with van der Waals surface area (Å²) in [5.41, 5.74) is 6.46. The number of fused-ring (bicyclic) bond motifs is 3. The van der Waals surface area contributed by atoms with Crippen LogP contribution in [-0.2, 0) is 6.18 Å². The molecule has 5 aromatic carbocycles. The molecule has 6 rings (SSSR count). The third kappa shape index (κ3) is 5.08. The van der Waals surface area contributed by atoms with Crippen molar-refractivity contribution in [3.05, 3.63) is 139 Å². The van der Waals surface area contributed by atoms with Gasteiger partial charge in [0.1, 0.15) is 0 Å². The standard InChI is InChI=1S/C37H26F3NS/c1-3-8-28(23-41-2)24-15-17-26(18-16-24)30-10-6-12-32-33-13-7-11-31(36(33)42-35(30)32)27-21-19-25(20-22-27)29-9-4-5-14-34(29)37(38,39)40/h3-23H,2H2,1H3/b8-3-,28-23+. The summed E-state index contributed by atoms with van der Waals surface area (Å²) < 4.78 is 43.2. The van der Waals surface area contributed by atoms with Crippen LogP contribution < -0.4 is 0 Å². The third-order valence-corrected chi connectivity index (χ3v) is 8.66. The molecule has 0 fully saturated rings. The van der Waals surface area contributed by atoms with Gasteiger partial charge >= 0.3 is 6.18 Å². The van der Waals surface area contributed by atoms with Crippen molar-refractivity contribution in [2.75, 3.05) is 0 Å². The summed E-state index contributed by atoms with van der Waals surface area (Å²) in [6, 6.07) is 34.2. The van der Waals surface area contributed by atoms with Crippen LogP contribution in [0.1, 0.15) is 18.1 Å². The Morgan fingerprint density at radius 1 is 0.667 bits per heavy atom. The minimum Gasteiger partial charge on any atom is -0.272 e. The number of thiophene rings is 1. The predicted molar refractivity (Wildman–Crippen MR) is 173 cm³/mol. The zero-order valence-corrected chi connectivity index (χ0v) is 23.6. The maximum atomic E-state index is 13.6. The lowest BCUT2D eigenvalue weighted by atomic mass is 9.96. The highest BCUT2D eigenvalue weighted by Gasteiger charge is 2.33. The number of halogens is 3. The second kappa shape index (κ2) is 11.3. The molecule has 0 saturated heterocycles. The van der Waals surface area contributed by atoms with Crippen LogP contribution in [0.25, 0.3) is 59.1 Å². The molecule has 0 bridgehead atoms. The average molecular weight is 574 g/mol. The van der Waals surface area contributed by atoms with E-state index in [0.29, 0.717) is 5.56 Å². The van der Waals surface area contributed by atoms with Gasteiger partial charge in [0.05, 0.1) is 5.56 Å². The summed E-state index contributed by atoms with van der Waals surface area (Å²) in [6.07, 6.45) is 1.34. The Bertz CT molecular complexity index is 1980. The van der Waals surface area contributed by atoms with E-state index >= 15 is 0 Å². The van der Waals surface area contributed by atoms with E-state index in [-0.39, 0.29) is 5.56 Å². The fourth-order valence-electron chi connectivity index (χ4n) is 5.42. The highest BCUT2D eigenvalue weighted by atomic mass is 32.1. The topological polar surface area (TPSA) is 12.4 Å². The molecule has 42 heavy (non-hydrogen) atoms. The van der Waals surface area contributed by atoms with Crippen molar-refractivity contribution in [1.82, 2.24) is 0 Å². The fourth-order valence-corrected chi connectivity index (χ4v) is 6.79. The first-order valence-corrected chi connectivity index (χ1v) is 14.3. The van der Waals surface area contributed by atoms with E-state index in [1.165, 1.54) is 22.2 Å². The zero-order valence-electron chi connectivity index (χ0n) is 22.8. The van der Waals surface area contributed by atoms with Gasteiger partial charge in [0, 0.05) is 26.4 Å². The smallest absolute Gasteiger partial charge is 0.272 e. The summed E-state index contributed by atoms with van der Waals surface area (Å²) in [4.78, 5) is 3.94. The van der Waals surface area contributed by atoms with Crippen molar-refractivity contribution in [3.63, 3.8) is 0 Å². The summed E-state index contributed by atoms with van der Waals surface area (Å²) in [7, 11) is 0. The van der Waals surface area contributed by atoms with Gasteiger partial charge in [-0.1, -0.05) is 115 Å². The molecule has 0 saturated carbocycles. The van der Waals surface area contributed by atoms with E-state index in [4.69, 9.17) is 0 Å². The average Bonchev–Trinajstić information content (AvgIpc) is 3.40. The number of benzene rings is 5. The minimum absolute atomic E-state index is 0.182. The van der Waals surface area contributed by atoms with Gasteiger partial charge in [0.2, 0.25) is 0 Å². The van der Waals surface area contributed by atoms with E-state index < -0.39 is 11.7 Å². The molecule has 0 aliphatic rings. The number of hydrogen-bond acceptors (Lipinski definition) is 2. The van der Waals surface area contributed by atoms with E-state index in [1.807, 2.05) is 37.3 Å². The van der Waals surface area contributed by atoms with Gasteiger partial charge in [-0.3, -0.25) is 4.99 Å². The highest BCUT2D eigenvalue weighted by molar-refractivity contribution is 7.26. The molecule has 0 amide bonds. The SMILES string of the molecule is C=N/C=C(\C=C/C)c1ccc(-c2cccc3c2sc2c(-c4ccc(-c5ccccc5C(F)(F)F)cc4)cccc23)cc1. The van der Waals surface area contributed by atoms with E-state index in [1.54, 1.807) is 35.7 Å². The van der Waals surface area contributed by atoms with Crippen molar-refractivity contribution in [2.24, 2.45) is 4.99 Å². The van der Waals surface area contributed by atoms with Crippen molar-refractivity contribution >= 4 is 43.8 Å². The van der Waals surface area contributed by atoms with E-state index in [0.717, 1.165) is 49.5 Å². The quantitative estimate of drug-likeness (QED) is 0.139. The molecule has 6 aromatic rings. The van der Waals surface area contributed by atoms with Crippen LogP contribution >= 0.6 is 11.3 Å². The van der Waals surface area contributed by atoms with Crippen LogP contribution in [-0.4, -0.2) is 6.72 Å².